The molecule has 0 spiro atoms. The van der Waals surface area contributed by atoms with Crippen LogP contribution in [0.5, 0.6) is 0 Å². The highest BCUT2D eigenvalue weighted by Gasteiger charge is 2.23. The van der Waals surface area contributed by atoms with E-state index in [0.29, 0.717) is 0 Å². The van der Waals surface area contributed by atoms with E-state index in [9.17, 15) is 0 Å². The summed E-state index contributed by atoms with van der Waals surface area (Å²) >= 11 is 3.86. The lowest BCUT2D eigenvalue weighted by atomic mass is 9.99. The summed E-state index contributed by atoms with van der Waals surface area (Å²) in [5.41, 5.74) is 12.2. The molecule has 10 aromatic rings. The molecular formula is C50H38N2S2. The van der Waals surface area contributed by atoms with Gasteiger partial charge in [-0.3, -0.25) is 0 Å². The van der Waals surface area contributed by atoms with Gasteiger partial charge in [0.15, 0.2) is 0 Å². The van der Waals surface area contributed by atoms with Crippen molar-refractivity contribution >= 4 is 108 Å². The van der Waals surface area contributed by atoms with Crippen LogP contribution in [0.3, 0.4) is 0 Å². The molecule has 260 valence electrons. The summed E-state index contributed by atoms with van der Waals surface area (Å²) in [5, 5.41) is 7.85. The molecule has 0 radical (unpaired) electrons. The van der Waals surface area contributed by atoms with Gasteiger partial charge in [0.25, 0.3) is 0 Å². The molecule has 0 aliphatic carbocycles. The Hall–Kier alpha value is -5.94. The molecule has 0 unspecified atom stereocenters. The average Bonchev–Trinajstić information content (AvgIpc) is 3.76. The molecule has 2 nitrogen and oxygen atoms in total. The first-order valence-electron chi connectivity index (χ1n) is 18.5. The van der Waals surface area contributed by atoms with Gasteiger partial charge in [-0.05, 0) is 97.8 Å². The van der Waals surface area contributed by atoms with Crippen molar-refractivity contribution in [3.63, 3.8) is 0 Å². The van der Waals surface area contributed by atoms with Gasteiger partial charge in [0.05, 0.1) is 15.1 Å². The van der Waals surface area contributed by atoms with Gasteiger partial charge >= 0.3 is 0 Å². The number of hydrogen-bond donors (Lipinski definition) is 0. The molecule has 0 fully saturated rings. The molecule has 8 aromatic carbocycles. The number of fused-ring (bicyclic) bond motifs is 9. The first-order valence-corrected chi connectivity index (χ1v) is 20.2. The summed E-state index contributed by atoms with van der Waals surface area (Å²) in [6.45, 7) is 8.83. The number of thiophene rings is 2. The zero-order valence-electron chi connectivity index (χ0n) is 30.7. The van der Waals surface area contributed by atoms with Crippen molar-refractivity contribution in [2.75, 3.05) is 9.80 Å². The third-order valence-electron chi connectivity index (χ3n) is 11.0. The van der Waals surface area contributed by atoms with Gasteiger partial charge in [-0.15, -0.1) is 22.7 Å². The normalized spacial score (nSPS) is 11.7. The third-order valence-corrected chi connectivity index (χ3v) is 13.5. The van der Waals surface area contributed by atoms with Crippen LogP contribution in [-0.2, 0) is 0 Å². The van der Waals surface area contributed by atoms with E-state index < -0.39 is 0 Å². The average molecular weight is 731 g/mol. The van der Waals surface area contributed by atoms with E-state index in [1.54, 1.807) is 0 Å². The highest BCUT2D eigenvalue weighted by Crippen LogP contribution is 2.51. The topological polar surface area (TPSA) is 6.48 Å². The minimum absolute atomic E-state index is 1.17. The predicted molar refractivity (Wildman–Crippen MR) is 238 cm³/mol. The van der Waals surface area contributed by atoms with Crippen LogP contribution in [0, 0.1) is 27.7 Å². The Morgan fingerprint density at radius 3 is 1.35 bits per heavy atom. The second-order valence-corrected chi connectivity index (χ2v) is 16.4. The Bertz CT molecular complexity index is 2980. The van der Waals surface area contributed by atoms with E-state index in [1.165, 1.54) is 107 Å². The van der Waals surface area contributed by atoms with E-state index in [0.717, 1.165) is 0 Å². The zero-order chi connectivity index (χ0) is 36.5. The third kappa shape index (κ3) is 5.13. The van der Waals surface area contributed by atoms with Gasteiger partial charge in [-0.2, -0.15) is 0 Å². The Labute approximate surface area is 323 Å². The lowest BCUT2D eigenvalue weighted by molar-refractivity contribution is 1.23. The van der Waals surface area contributed by atoms with Crippen LogP contribution in [0.15, 0.2) is 158 Å². The van der Waals surface area contributed by atoms with Crippen molar-refractivity contribution in [1.82, 2.24) is 0 Å². The Kier molecular flexibility index (Phi) is 7.79. The first-order chi connectivity index (χ1) is 26.5. The summed E-state index contributed by atoms with van der Waals surface area (Å²) in [4.78, 5) is 4.90. The standard InChI is InChI=1S/C50H38N2S2/c1-31-15-5-11-21-41(31)51(42-22-12-6-16-32(42)2)35-25-26-37-39-27-28-40-48-38-20-10-9-19-36(38)45(30-47(48)54-50(40)49(39)53-46(37)29-35)52(43-23-13-7-17-33(43)3)44-24-14-8-18-34(44)4/h5-30H,1-4H3. The molecule has 0 aliphatic heterocycles. The van der Waals surface area contributed by atoms with Crippen LogP contribution >= 0.6 is 22.7 Å². The number of hydrogen-bond acceptors (Lipinski definition) is 4. The van der Waals surface area contributed by atoms with Crippen LogP contribution in [-0.4, -0.2) is 0 Å². The SMILES string of the molecule is Cc1ccccc1N(c1ccc2c(c1)sc1c2ccc2c1sc1cc(N(c3ccccc3C)c3ccccc3C)c3ccccc3c12)c1ccccc1C. The van der Waals surface area contributed by atoms with E-state index in [4.69, 9.17) is 0 Å². The number of rotatable bonds is 6. The second kappa shape index (κ2) is 12.9. The summed E-state index contributed by atoms with van der Waals surface area (Å²) in [6, 6.07) is 58.1. The number of aryl methyl sites for hydroxylation is 4. The molecule has 10 rings (SSSR count). The maximum Gasteiger partial charge on any atom is 0.0554 e. The summed E-state index contributed by atoms with van der Waals surface area (Å²) in [5.74, 6) is 0. The maximum atomic E-state index is 2.47. The zero-order valence-corrected chi connectivity index (χ0v) is 32.4. The highest BCUT2D eigenvalue weighted by molar-refractivity contribution is 7.33. The lowest BCUT2D eigenvalue weighted by Gasteiger charge is -2.29. The molecule has 0 amide bonds. The van der Waals surface area contributed by atoms with Crippen molar-refractivity contribution in [3.05, 3.63) is 180 Å². The molecule has 0 atom stereocenters. The number of para-hydroxylation sites is 4. The van der Waals surface area contributed by atoms with Crippen LogP contribution in [0.4, 0.5) is 34.1 Å². The van der Waals surface area contributed by atoms with E-state index in [-0.39, 0.29) is 0 Å². The van der Waals surface area contributed by atoms with Gasteiger partial charge in [0.1, 0.15) is 0 Å². The van der Waals surface area contributed by atoms with Gasteiger partial charge in [0, 0.05) is 64.8 Å². The predicted octanol–water partition coefficient (Wildman–Crippen LogP) is 15.7. The molecular weight excluding hydrogens is 693 g/mol. The van der Waals surface area contributed by atoms with Crippen LogP contribution in [0.25, 0.3) is 51.1 Å². The van der Waals surface area contributed by atoms with Crippen LogP contribution in [0.1, 0.15) is 22.3 Å². The molecule has 54 heavy (non-hydrogen) atoms. The summed E-state index contributed by atoms with van der Waals surface area (Å²) in [7, 11) is 0. The summed E-state index contributed by atoms with van der Waals surface area (Å²) < 4.78 is 5.33. The van der Waals surface area contributed by atoms with Gasteiger partial charge < -0.3 is 9.80 Å². The Morgan fingerprint density at radius 1 is 0.333 bits per heavy atom. The molecule has 0 aliphatic rings. The molecule has 0 N–H and O–H groups in total. The van der Waals surface area contributed by atoms with Gasteiger partial charge in [0.2, 0.25) is 0 Å². The van der Waals surface area contributed by atoms with Crippen LogP contribution < -0.4 is 9.80 Å². The molecule has 2 heterocycles. The minimum atomic E-state index is 1.17. The second-order valence-electron chi connectivity index (χ2n) is 14.3. The highest BCUT2D eigenvalue weighted by atomic mass is 32.1. The number of anilines is 6. The minimum Gasteiger partial charge on any atom is -0.310 e. The fourth-order valence-electron chi connectivity index (χ4n) is 8.28. The van der Waals surface area contributed by atoms with Gasteiger partial charge in [-0.25, -0.2) is 0 Å². The molecule has 0 bridgehead atoms. The first kappa shape index (κ1) is 32.7. The van der Waals surface area contributed by atoms with Crippen molar-refractivity contribution < 1.29 is 0 Å². The summed E-state index contributed by atoms with van der Waals surface area (Å²) in [6.07, 6.45) is 0. The smallest absolute Gasteiger partial charge is 0.0554 e. The molecule has 4 heteroatoms. The number of nitrogens with zero attached hydrogens (tertiary/aromatic N) is 2. The van der Waals surface area contributed by atoms with Crippen molar-refractivity contribution in [3.8, 4) is 0 Å². The fraction of sp³-hybridized carbons (Fsp3) is 0.0800. The molecule has 0 saturated heterocycles. The molecule has 0 saturated carbocycles. The number of benzene rings is 8. The van der Waals surface area contributed by atoms with Crippen LogP contribution in [0.2, 0.25) is 0 Å². The van der Waals surface area contributed by atoms with Crippen molar-refractivity contribution in [2.45, 2.75) is 27.7 Å². The van der Waals surface area contributed by atoms with E-state index in [2.05, 4.69) is 195 Å². The maximum absolute atomic E-state index is 2.47. The van der Waals surface area contributed by atoms with E-state index in [1.807, 2.05) is 22.7 Å². The largest absolute Gasteiger partial charge is 0.310 e. The Morgan fingerprint density at radius 2 is 0.778 bits per heavy atom. The molecule has 2 aromatic heterocycles. The quantitative estimate of drug-likeness (QED) is 0.168. The monoisotopic (exact) mass is 730 g/mol. The van der Waals surface area contributed by atoms with E-state index >= 15 is 0 Å². The lowest BCUT2D eigenvalue weighted by Crippen LogP contribution is -2.13. The van der Waals surface area contributed by atoms with Crippen molar-refractivity contribution in [2.24, 2.45) is 0 Å². The van der Waals surface area contributed by atoms with Gasteiger partial charge in [-0.1, -0.05) is 115 Å². The Balaban J connectivity index is 1.21. The van der Waals surface area contributed by atoms with Crippen molar-refractivity contribution in [1.29, 1.82) is 0 Å². The fourth-order valence-corrected chi connectivity index (χ4v) is 10.9.